The quantitative estimate of drug-likeness (QED) is 0.390. The van der Waals surface area contributed by atoms with E-state index in [4.69, 9.17) is 8.85 Å². The Morgan fingerprint density at radius 3 is 2.58 bits per heavy atom. The average molecular weight is 284 g/mol. The maximum atomic E-state index is 6.09. The molecule has 1 aliphatic carbocycles. The van der Waals surface area contributed by atoms with Gasteiger partial charge in [-0.25, -0.2) is 0 Å². The first-order chi connectivity index (χ1) is 9.19. The number of unbranched alkanes of at least 4 members (excludes halogenated alkanes) is 1. The minimum absolute atomic E-state index is 0.772. The van der Waals surface area contributed by atoms with Crippen LogP contribution in [0.1, 0.15) is 66.2 Å². The lowest BCUT2D eigenvalue weighted by Crippen LogP contribution is -2.25. The first-order valence-electron chi connectivity index (χ1n) is 8.04. The molecule has 1 unspecified atom stereocenters. The molecule has 0 aromatic rings. The molecule has 1 radical (unpaired) electrons. The van der Waals surface area contributed by atoms with Crippen LogP contribution < -0.4 is 0 Å². The Balaban J connectivity index is 2.40. The predicted octanol–water partition coefficient (Wildman–Crippen LogP) is 5.06. The zero-order valence-electron chi connectivity index (χ0n) is 13.2. The number of rotatable bonds is 11. The number of hydrogen-bond donors (Lipinski definition) is 0. The summed E-state index contributed by atoms with van der Waals surface area (Å²) in [7, 11) is -1.12. The molecule has 111 valence electrons. The lowest BCUT2D eigenvalue weighted by molar-refractivity contribution is 0.238. The van der Waals surface area contributed by atoms with Crippen molar-refractivity contribution in [3.63, 3.8) is 0 Å². The van der Waals surface area contributed by atoms with Crippen molar-refractivity contribution < 1.29 is 8.85 Å². The zero-order valence-corrected chi connectivity index (χ0v) is 14.2. The van der Waals surface area contributed by atoms with E-state index in [0.29, 0.717) is 0 Å². The van der Waals surface area contributed by atoms with Crippen LogP contribution in [0, 0.1) is 11.8 Å². The van der Waals surface area contributed by atoms with Gasteiger partial charge in [0.05, 0.1) is 5.76 Å². The third-order valence-electron chi connectivity index (χ3n) is 3.67. The lowest BCUT2D eigenvalue weighted by Gasteiger charge is -2.21. The summed E-state index contributed by atoms with van der Waals surface area (Å²) in [6.07, 6.45) is 10.2. The maximum Gasteiger partial charge on any atom is 0.457 e. The summed E-state index contributed by atoms with van der Waals surface area (Å²) in [6, 6.07) is 1.13. The predicted molar refractivity (Wildman–Crippen MR) is 83.1 cm³/mol. The third-order valence-corrected chi connectivity index (χ3v) is 5.74. The molecule has 0 heterocycles. The molecule has 1 saturated carbocycles. The fourth-order valence-corrected chi connectivity index (χ4v) is 4.25. The van der Waals surface area contributed by atoms with Crippen LogP contribution >= 0.6 is 0 Å². The smallest absolute Gasteiger partial charge is 0.457 e. The second kappa shape index (κ2) is 9.59. The van der Waals surface area contributed by atoms with Gasteiger partial charge in [0, 0.05) is 12.7 Å². The van der Waals surface area contributed by atoms with E-state index < -0.39 is 9.28 Å². The van der Waals surface area contributed by atoms with E-state index in [1.165, 1.54) is 38.5 Å². The molecule has 0 aromatic heterocycles. The Morgan fingerprint density at radius 2 is 2.05 bits per heavy atom. The largest absolute Gasteiger partial charge is 0.523 e. The molecule has 0 amide bonds. The summed E-state index contributed by atoms with van der Waals surface area (Å²) in [4.78, 5) is 0. The molecular formula is C16H31O2Si. The van der Waals surface area contributed by atoms with E-state index in [2.05, 4.69) is 33.8 Å². The SMILES string of the molecule is CCCCC(CC)C[Si](OCC)OC(C)=CC1CC1. The highest BCUT2D eigenvalue weighted by Crippen LogP contribution is 2.31. The van der Waals surface area contributed by atoms with Crippen molar-refractivity contribution in [2.75, 3.05) is 6.61 Å². The minimum atomic E-state index is -1.12. The van der Waals surface area contributed by atoms with Crippen molar-refractivity contribution in [2.45, 2.75) is 72.3 Å². The molecule has 0 N–H and O–H groups in total. The normalized spacial score (nSPS) is 17.8. The van der Waals surface area contributed by atoms with Crippen LogP contribution in [0.2, 0.25) is 6.04 Å². The van der Waals surface area contributed by atoms with E-state index in [1.54, 1.807) is 0 Å². The molecule has 3 heteroatoms. The Morgan fingerprint density at radius 1 is 1.32 bits per heavy atom. The van der Waals surface area contributed by atoms with Crippen molar-refractivity contribution in [3.05, 3.63) is 11.8 Å². The van der Waals surface area contributed by atoms with E-state index in [1.807, 2.05) is 0 Å². The molecule has 0 aromatic carbocycles. The monoisotopic (exact) mass is 283 g/mol. The molecule has 0 spiro atoms. The van der Waals surface area contributed by atoms with Crippen LogP contribution in [0.15, 0.2) is 11.8 Å². The van der Waals surface area contributed by atoms with Gasteiger partial charge >= 0.3 is 9.28 Å². The molecule has 19 heavy (non-hydrogen) atoms. The van der Waals surface area contributed by atoms with Crippen LogP contribution in [-0.4, -0.2) is 15.9 Å². The van der Waals surface area contributed by atoms with E-state index >= 15 is 0 Å². The van der Waals surface area contributed by atoms with E-state index in [0.717, 1.165) is 30.2 Å². The summed E-state index contributed by atoms with van der Waals surface area (Å²) in [5.41, 5.74) is 0. The Hall–Kier alpha value is -0.283. The Bertz CT molecular complexity index is 261. The van der Waals surface area contributed by atoms with Crippen LogP contribution in [0.3, 0.4) is 0 Å². The molecule has 2 nitrogen and oxygen atoms in total. The van der Waals surface area contributed by atoms with Crippen LogP contribution in [0.4, 0.5) is 0 Å². The molecule has 0 saturated heterocycles. The fourth-order valence-electron chi connectivity index (χ4n) is 2.28. The van der Waals surface area contributed by atoms with Gasteiger partial charge in [-0.1, -0.05) is 39.5 Å². The Kier molecular flexibility index (Phi) is 8.47. The van der Waals surface area contributed by atoms with Gasteiger partial charge in [-0.15, -0.1) is 0 Å². The first kappa shape index (κ1) is 16.8. The van der Waals surface area contributed by atoms with Crippen molar-refractivity contribution in [2.24, 2.45) is 11.8 Å². The summed E-state index contributed by atoms with van der Waals surface area (Å²) < 4.78 is 12.0. The van der Waals surface area contributed by atoms with Crippen LogP contribution in [0.25, 0.3) is 0 Å². The van der Waals surface area contributed by atoms with E-state index in [-0.39, 0.29) is 0 Å². The second-order valence-corrected chi connectivity index (χ2v) is 7.29. The first-order valence-corrected chi connectivity index (χ1v) is 9.56. The number of hydrogen-bond acceptors (Lipinski definition) is 2. The molecule has 1 atom stereocenters. The molecule has 0 aliphatic heterocycles. The van der Waals surface area contributed by atoms with Gasteiger partial charge in [-0.05, 0) is 44.6 Å². The average Bonchev–Trinajstić information content (AvgIpc) is 3.18. The summed E-state index contributed by atoms with van der Waals surface area (Å²) in [5.74, 6) is 2.65. The highest BCUT2D eigenvalue weighted by Gasteiger charge is 2.24. The maximum absolute atomic E-state index is 6.09. The topological polar surface area (TPSA) is 18.5 Å². The highest BCUT2D eigenvalue weighted by molar-refractivity contribution is 6.44. The van der Waals surface area contributed by atoms with Crippen molar-refractivity contribution >= 4 is 9.28 Å². The van der Waals surface area contributed by atoms with Gasteiger partial charge in [0.15, 0.2) is 0 Å². The van der Waals surface area contributed by atoms with Gasteiger partial charge in [-0.3, -0.25) is 0 Å². The molecular weight excluding hydrogens is 252 g/mol. The zero-order chi connectivity index (χ0) is 14.1. The van der Waals surface area contributed by atoms with Crippen molar-refractivity contribution in [1.82, 2.24) is 0 Å². The lowest BCUT2D eigenvalue weighted by atomic mass is 10.0. The van der Waals surface area contributed by atoms with Crippen LogP contribution in [0.5, 0.6) is 0 Å². The van der Waals surface area contributed by atoms with Gasteiger partial charge < -0.3 is 8.85 Å². The molecule has 1 aliphatic rings. The summed E-state index contributed by atoms with van der Waals surface area (Å²) in [6.45, 7) is 9.49. The minimum Gasteiger partial charge on any atom is -0.523 e. The van der Waals surface area contributed by atoms with Gasteiger partial charge in [0.2, 0.25) is 0 Å². The van der Waals surface area contributed by atoms with Crippen molar-refractivity contribution in [3.8, 4) is 0 Å². The van der Waals surface area contributed by atoms with Gasteiger partial charge in [0.1, 0.15) is 0 Å². The third kappa shape index (κ3) is 7.78. The van der Waals surface area contributed by atoms with E-state index in [9.17, 15) is 0 Å². The van der Waals surface area contributed by atoms with Crippen LogP contribution in [-0.2, 0) is 8.85 Å². The molecule has 1 rings (SSSR count). The summed E-state index contributed by atoms with van der Waals surface area (Å²) >= 11 is 0. The van der Waals surface area contributed by atoms with Gasteiger partial charge in [-0.2, -0.15) is 0 Å². The standard InChI is InChI=1S/C16H31O2Si/c1-5-8-9-15(6-2)13-19(17-7-3)18-14(4)12-16-10-11-16/h12,15-16H,5-11,13H2,1-4H3. The van der Waals surface area contributed by atoms with Crippen molar-refractivity contribution in [1.29, 1.82) is 0 Å². The number of allylic oxidation sites excluding steroid dienone is 2. The fraction of sp³-hybridized carbons (Fsp3) is 0.875. The molecule has 0 bridgehead atoms. The highest BCUT2D eigenvalue weighted by atomic mass is 28.3. The Labute approximate surface area is 121 Å². The second-order valence-electron chi connectivity index (χ2n) is 5.64. The van der Waals surface area contributed by atoms with Gasteiger partial charge in [0.25, 0.3) is 0 Å². The summed E-state index contributed by atoms with van der Waals surface area (Å²) in [5, 5.41) is 0. The molecule has 1 fully saturated rings.